The summed E-state index contributed by atoms with van der Waals surface area (Å²) in [7, 11) is 0. The first-order chi connectivity index (χ1) is 10.7. The number of hydrogen-bond donors (Lipinski definition) is 0. The molecule has 2 aromatic rings. The van der Waals surface area contributed by atoms with Gasteiger partial charge < -0.3 is 18.9 Å². The second-order valence-electron chi connectivity index (χ2n) is 6.33. The van der Waals surface area contributed by atoms with Crippen LogP contribution in [0.2, 0.25) is 0 Å². The Morgan fingerprint density at radius 3 is 2.36 bits per heavy atom. The Bertz CT molecular complexity index is 685. The van der Waals surface area contributed by atoms with E-state index in [2.05, 4.69) is 25.1 Å². The molecule has 0 saturated carbocycles. The van der Waals surface area contributed by atoms with Crippen LogP contribution in [0.4, 0.5) is 0 Å². The van der Waals surface area contributed by atoms with Crippen molar-refractivity contribution in [2.24, 2.45) is 5.41 Å². The van der Waals surface area contributed by atoms with Crippen molar-refractivity contribution in [1.82, 2.24) is 0 Å². The molecule has 0 unspecified atom stereocenters. The number of ether oxygens (including phenoxy) is 4. The summed E-state index contributed by atoms with van der Waals surface area (Å²) in [5.41, 5.74) is 0.784. The summed E-state index contributed by atoms with van der Waals surface area (Å²) in [4.78, 5) is 0. The zero-order valence-corrected chi connectivity index (χ0v) is 12.9. The van der Waals surface area contributed by atoms with Crippen LogP contribution >= 0.6 is 0 Å². The second kappa shape index (κ2) is 4.95. The van der Waals surface area contributed by atoms with Gasteiger partial charge in [-0.25, -0.2) is 0 Å². The van der Waals surface area contributed by atoms with E-state index in [0.29, 0.717) is 26.4 Å². The van der Waals surface area contributed by atoms with Crippen molar-refractivity contribution in [2.45, 2.75) is 19.8 Å². The SMILES string of the molecule is CCOc1ccc2ccccc2c1C12OCC(C)(CO1)CO2. The van der Waals surface area contributed by atoms with E-state index in [1.54, 1.807) is 0 Å². The van der Waals surface area contributed by atoms with Gasteiger partial charge in [-0.3, -0.25) is 0 Å². The summed E-state index contributed by atoms with van der Waals surface area (Å²) in [5.74, 6) is -0.393. The molecule has 3 heterocycles. The molecule has 3 aliphatic rings. The van der Waals surface area contributed by atoms with Crippen molar-refractivity contribution in [3.8, 4) is 5.75 Å². The number of rotatable bonds is 3. The zero-order chi connectivity index (χ0) is 15.2. The fourth-order valence-electron chi connectivity index (χ4n) is 3.12. The predicted octanol–water partition coefficient (Wildman–Crippen LogP) is 3.43. The summed E-state index contributed by atoms with van der Waals surface area (Å²) in [5, 5.41) is 2.16. The lowest BCUT2D eigenvalue weighted by atomic mass is 9.90. The topological polar surface area (TPSA) is 36.9 Å². The highest BCUT2D eigenvalue weighted by atomic mass is 16.9. The van der Waals surface area contributed by atoms with Gasteiger partial charge in [-0.1, -0.05) is 37.3 Å². The Balaban J connectivity index is 1.91. The Kier molecular flexibility index (Phi) is 3.15. The molecule has 0 N–H and O–H groups in total. The predicted molar refractivity (Wildman–Crippen MR) is 82.8 cm³/mol. The Morgan fingerprint density at radius 1 is 1.00 bits per heavy atom. The number of benzene rings is 2. The molecule has 5 rings (SSSR count). The maximum absolute atomic E-state index is 6.02. The average molecular weight is 300 g/mol. The van der Waals surface area contributed by atoms with Crippen molar-refractivity contribution in [3.63, 3.8) is 0 Å². The molecule has 0 radical (unpaired) electrons. The molecule has 2 aromatic carbocycles. The van der Waals surface area contributed by atoms with Gasteiger partial charge in [0.25, 0.3) is 0 Å². The van der Waals surface area contributed by atoms with Crippen molar-refractivity contribution >= 4 is 10.8 Å². The van der Waals surface area contributed by atoms with Gasteiger partial charge in [0.05, 0.1) is 32.0 Å². The molecule has 2 bridgehead atoms. The van der Waals surface area contributed by atoms with E-state index in [9.17, 15) is 0 Å². The first-order valence-corrected chi connectivity index (χ1v) is 7.73. The molecule has 0 aliphatic carbocycles. The molecule has 3 saturated heterocycles. The van der Waals surface area contributed by atoms with Crippen LogP contribution in [-0.4, -0.2) is 26.4 Å². The summed E-state index contributed by atoms with van der Waals surface area (Å²) in [6.45, 7) is 6.55. The van der Waals surface area contributed by atoms with Crippen molar-refractivity contribution in [3.05, 3.63) is 42.0 Å². The fraction of sp³-hybridized carbons (Fsp3) is 0.444. The van der Waals surface area contributed by atoms with E-state index in [0.717, 1.165) is 22.1 Å². The monoisotopic (exact) mass is 300 g/mol. The molecular formula is C18H20O4. The van der Waals surface area contributed by atoms with Crippen LogP contribution < -0.4 is 4.74 Å². The third-order valence-electron chi connectivity index (χ3n) is 4.33. The van der Waals surface area contributed by atoms with E-state index in [1.165, 1.54) is 0 Å². The van der Waals surface area contributed by atoms with E-state index in [1.807, 2.05) is 25.1 Å². The minimum atomic E-state index is -1.15. The van der Waals surface area contributed by atoms with Crippen LogP contribution in [-0.2, 0) is 20.2 Å². The van der Waals surface area contributed by atoms with Gasteiger partial charge in [0.1, 0.15) is 5.75 Å². The smallest absolute Gasteiger partial charge is 0.316 e. The van der Waals surface area contributed by atoms with Gasteiger partial charge in [-0.2, -0.15) is 0 Å². The molecule has 0 amide bonds. The Hall–Kier alpha value is -1.62. The van der Waals surface area contributed by atoms with Crippen molar-refractivity contribution in [2.75, 3.05) is 26.4 Å². The first-order valence-electron chi connectivity index (χ1n) is 7.73. The molecule has 4 heteroatoms. The highest BCUT2D eigenvalue weighted by Crippen LogP contribution is 2.48. The van der Waals surface area contributed by atoms with E-state index in [4.69, 9.17) is 18.9 Å². The zero-order valence-electron chi connectivity index (χ0n) is 12.9. The first kappa shape index (κ1) is 14.0. The quantitative estimate of drug-likeness (QED) is 0.870. The van der Waals surface area contributed by atoms with Gasteiger partial charge >= 0.3 is 5.97 Å². The Morgan fingerprint density at radius 2 is 1.68 bits per heavy atom. The van der Waals surface area contributed by atoms with Gasteiger partial charge in [-0.15, -0.1) is 0 Å². The van der Waals surface area contributed by atoms with E-state index < -0.39 is 5.97 Å². The van der Waals surface area contributed by atoms with Gasteiger partial charge in [0.2, 0.25) is 0 Å². The molecule has 116 valence electrons. The van der Waals surface area contributed by atoms with Crippen LogP contribution in [0.25, 0.3) is 10.8 Å². The van der Waals surface area contributed by atoms with Gasteiger partial charge in [-0.05, 0) is 23.8 Å². The normalized spacial score (nSPS) is 30.6. The lowest BCUT2D eigenvalue weighted by Gasteiger charge is -2.50. The fourth-order valence-corrected chi connectivity index (χ4v) is 3.12. The van der Waals surface area contributed by atoms with Crippen LogP contribution in [0.5, 0.6) is 5.75 Å². The third-order valence-corrected chi connectivity index (χ3v) is 4.33. The van der Waals surface area contributed by atoms with Crippen molar-refractivity contribution < 1.29 is 18.9 Å². The minimum Gasteiger partial charge on any atom is -0.493 e. The summed E-state index contributed by atoms with van der Waals surface area (Å²) in [6.07, 6.45) is 0. The number of fused-ring (bicyclic) bond motifs is 4. The molecule has 0 spiro atoms. The lowest BCUT2D eigenvalue weighted by molar-refractivity contribution is -0.477. The van der Waals surface area contributed by atoms with Crippen LogP contribution in [0.3, 0.4) is 0 Å². The third kappa shape index (κ3) is 2.02. The largest absolute Gasteiger partial charge is 0.493 e. The lowest BCUT2D eigenvalue weighted by Crippen LogP contribution is -2.57. The second-order valence-corrected chi connectivity index (χ2v) is 6.33. The summed E-state index contributed by atoms with van der Waals surface area (Å²) < 4.78 is 23.9. The minimum absolute atomic E-state index is 0.0574. The highest BCUT2D eigenvalue weighted by molar-refractivity contribution is 5.88. The molecule has 3 fully saturated rings. The highest BCUT2D eigenvalue weighted by Gasteiger charge is 2.53. The Labute approximate surface area is 129 Å². The maximum atomic E-state index is 6.02. The van der Waals surface area contributed by atoms with Gasteiger partial charge in [0, 0.05) is 5.41 Å². The average Bonchev–Trinajstić information content (AvgIpc) is 2.56. The van der Waals surface area contributed by atoms with Crippen LogP contribution in [0.15, 0.2) is 36.4 Å². The standard InChI is InChI=1S/C18H20O4/c1-3-19-15-9-8-13-6-4-5-7-14(13)16(15)18-20-10-17(2,11-21-18)12-22-18/h4-9H,3,10-12H2,1-2H3. The summed E-state index contributed by atoms with van der Waals surface area (Å²) in [6, 6.07) is 12.2. The molecule has 0 atom stereocenters. The van der Waals surface area contributed by atoms with Crippen LogP contribution in [0, 0.1) is 5.41 Å². The number of hydrogen-bond acceptors (Lipinski definition) is 4. The van der Waals surface area contributed by atoms with Crippen LogP contribution in [0.1, 0.15) is 19.4 Å². The maximum Gasteiger partial charge on any atom is 0.316 e. The molecule has 22 heavy (non-hydrogen) atoms. The van der Waals surface area contributed by atoms with E-state index in [-0.39, 0.29) is 5.41 Å². The van der Waals surface area contributed by atoms with Crippen molar-refractivity contribution in [1.29, 1.82) is 0 Å². The van der Waals surface area contributed by atoms with E-state index >= 15 is 0 Å². The molecular weight excluding hydrogens is 280 g/mol. The molecule has 0 aromatic heterocycles. The molecule has 4 nitrogen and oxygen atoms in total. The molecule has 3 aliphatic heterocycles. The van der Waals surface area contributed by atoms with Gasteiger partial charge in [0.15, 0.2) is 0 Å². The summed E-state index contributed by atoms with van der Waals surface area (Å²) >= 11 is 0.